The van der Waals surface area contributed by atoms with Crippen molar-refractivity contribution < 1.29 is 14.0 Å². The van der Waals surface area contributed by atoms with Crippen LogP contribution in [0, 0.1) is 5.92 Å². The normalized spacial score (nSPS) is 20.6. The zero-order valence-corrected chi connectivity index (χ0v) is 11.4. The van der Waals surface area contributed by atoms with Gasteiger partial charge in [-0.25, -0.2) is 4.98 Å². The molecule has 0 saturated heterocycles. The van der Waals surface area contributed by atoms with Crippen LogP contribution in [0.15, 0.2) is 28.2 Å². The Labute approximate surface area is 119 Å². The fourth-order valence-electron chi connectivity index (χ4n) is 2.12. The van der Waals surface area contributed by atoms with Crippen LogP contribution >= 0.6 is 11.3 Å². The van der Waals surface area contributed by atoms with Crippen molar-refractivity contribution in [2.45, 2.75) is 18.8 Å². The number of nitrogens with two attached hydrogens (primary N) is 1. The first-order valence-electron chi connectivity index (χ1n) is 6.20. The molecule has 3 rings (SSSR count). The van der Waals surface area contributed by atoms with Crippen molar-refractivity contribution >= 4 is 28.3 Å². The Morgan fingerprint density at radius 3 is 3.10 bits per heavy atom. The molecule has 2 atom stereocenters. The van der Waals surface area contributed by atoms with E-state index < -0.39 is 5.91 Å². The molecule has 2 heterocycles. The first-order chi connectivity index (χ1) is 9.63. The van der Waals surface area contributed by atoms with Gasteiger partial charge in [0.05, 0.1) is 18.4 Å². The summed E-state index contributed by atoms with van der Waals surface area (Å²) in [6, 6.07) is 3.70. The van der Waals surface area contributed by atoms with E-state index in [4.69, 9.17) is 10.2 Å². The molecule has 0 aliphatic heterocycles. The van der Waals surface area contributed by atoms with E-state index in [1.807, 2.05) is 12.1 Å². The molecular formula is C13H13N3O3S. The van der Waals surface area contributed by atoms with Crippen LogP contribution in [0.1, 0.15) is 23.8 Å². The van der Waals surface area contributed by atoms with Crippen molar-refractivity contribution in [2.75, 3.05) is 5.32 Å². The van der Waals surface area contributed by atoms with Crippen LogP contribution in [0.5, 0.6) is 0 Å². The van der Waals surface area contributed by atoms with Crippen LogP contribution in [0.4, 0.5) is 5.13 Å². The number of carbonyl (C=O) groups excluding carboxylic acids is 2. The van der Waals surface area contributed by atoms with Gasteiger partial charge >= 0.3 is 0 Å². The Kier molecular flexibility index (Phi) is 3.27. The molecule has 0 radical (unpaired) electrons. The minimum absolute atomic E-state index is 0.0635. The minimum atomic E-state index is -0.437. The van der Waals surface area contributed by atoms with Crippen LogP contribution in [0.3, 0.4) is 0 Å². The lowest BCUT2D eigenvalue weighted by Crippen LogP contribution is -2.15. The van der Waals surface area contributed by atoms with Gasteiger partial charge in [-0.05, 0) is 18.6 Å². The van der Waals surface area contributed by atoms with Gasteiger partial charge in [0.2, 0.25) is 11.8 Å². The van der Waals surface area contributed by atoms with Crippen LogP contribution < -0.4 is 11.1 Å². The second kappa shape index (κ2) is 5.09. The van der Waals surface area contributed by atoms with Gasteiger partial charge in [0.25, 0.3) is 0 Å². The number of rotatable bonds is 5. The molecule has 104 valence electrons. The maximum absolute atomic E-state index is 12.0. The molecule has 1 saturated carbocycles. The van der Waals surface area contributed by atoms with E-state index in [0.29, 0.717) is 10.8 Å². The highest BCUT2D eigenvalue weighted by molar-refractivity contribution is 7.13. The third kappa shape index (κ3) is 2.72. The fraction of sp³-hybridized carbons (Fsp3) is 0.308. The molecule has 3 N–H and O–H groups in total. The minimum Gasteiger partial charge on any atom is -0.469 e. The van der Waals surface area contributed by atoms with Crippen molar-refractivity contribution in [1.29, 1.82) is 0 Å². The number of nitrogens with one attached hydrogen (secondary N) is 1. The highest BCUT2D eigenvalue weighted by Gasteiger charge is 2.46. The van der Waals surface area contributed by atoms with Crippen LogP contribution in [-0.4, -0.2) is 16.8 Å². The van der Waals surface area contributed by atoms with E-state index in [2.05, 4.69) is 10.3 Å². The van der Waals surface area contributed by atoms with E-state index in [9.17, 15) is 9.59 Å². The number of primary amides is 1. The van der Waals surface area contributed by atoms with E-state index in [0.717, 1.165) is 12.2 Å². The largest absolute Gasteiger partial charge is 0.469 e. The molecule has 0 unspecified atom stereocenters. The van der Waals surface area contributed by atoms with Gasteiger partial charge in [0, 0.05) is 17.2 Å². The lowest BCUT2D eigenvalue weighted by Gasteiger charge is -1.99. The van der Waals surface area contributed by atoms with Gasteiger partial charge < -0.3 is 15.5 Å². The Morgan fingerprint density at radius 1 is 1.55 bits per heavy atom. The number of nitrogens with zero attached hydrogens (tertiary/aromatic N) is 1. The van der Waals surface area contributed by atoms with Crippen molar-refractivity contribution in [3.63, 3.8) is 0 Å². The summed E-state index contributed by atoms with van der Waals surface area (Å²) in [5.74, 6) is 0.443. The number of anilines is 1. The van der Waals surface area contributed by atoms with Gasteiger partial charge in [-0.3, -0.25) is 9.59 Å². The molecular weight excluding hydrogens is 278 g/mol. The van der Waals surface area contributed by atoms with Gasteiger partial charge in [0.15, 0.2) is 5.13 Å². The summed E-state index contributed by atoms with van der Waals surface area (Å²) in [7, 11) is 0. The smallest absolute Gasteiger partial charge is 0.230 e. The Morgan fingerprint density at radius 2 is 2.40 bits per heavy atom. The van der Waals surface area contributed by atoms with Gasteiger partial charge in [-0.1, -0.05) is 0 Å². The monoisotopic (exact) mass is 291 g/mol. The van der Waals surface area contributed by atoms with Gasteiger partial charge in [-0.15, -0.1) is 11.3 Å². The molecule has 0 bridgehead atoms. The lowest BCUT2D eigenvalue weighted by molar-refractivity contribution is -0.118. The van der Waals surface area contributed by atoms with Crippen molar-refractivity contribution in [3.8, 4) is 0 Å². The summed E-state index contributed by atoms with van der Waals surface area (Å²) in [6.07, 6.45) is 2.49. The zero-order chi connectivity index (χ0) is 14.1. The molecule has 0 spiro atoms. The quantitative estimate of drug-likeness (QED) is 0.872. The average Bonchev–Trinajstić information content (AvgIpc) is 2.82. The number of amides is 2. The van der Waals surface area contributed by atoms with Crippen molar-refractivity contribution in [2.24, 2.45) is 11.7 Å². The number of aromatic nitrogens is 1. The highest BCUT2D eigenvalue weighted by atomic mass is 32.1. The predicted molar refractivity (Wildman–Crippen MR) is 73.2 cm³/mol. The third-order valence-corrected chi connectivity index (χ3v) is 3.98. The number of furan rings is 1. The van der Waals surface area contributed by atoms with Crippen molar-refractivity contribution in [1.82, 2.24) is 4.98 Å². The Hall–Kier alpha value is -2.15. The summed E-state index contributed by atoms with van der Waals surface area (Å²) >= 11 is 1.29. The first-order valence-corrected chi connectivity index (χ1v) is 7.08. The molecule has 1 aliphatic carbocycles. The van der Waals surface area contributed by atoms with Crippen LogP contribution in [-0.2, 0) is 16.0 Å². The van der Waals surface area contributed by atoms with Crippen molar-refractivity contribution in [3.05, 3.63) is 35.2 Å². The second-order valence-electron chi connectivity index (χ2n) is 4.74. The second-order valence-corrected chi connectivity index (χ2v) is 5.60. The first kappa shape index (κ1) is 12.9. The molecule has 1 aliphatic rings. The molecule has 2 aromatic heterocycles. The molecule has 6 nitrogen and oxygen atoms in total. The molecule has 20 heavy (non-hydrogen) atoms. The molecule has 7 heteroatoms. The Bertz CT molecular complexity index is 635. The molecule has 2 amide bonds. The van der Waals surface area contributed by atoms with Crippen LogP contribution in [0.2, 0.25) is 0 Å². The maximum atomic E-state index is 12.0. The van der Waals surface area contributed by atoms with E-state index in [-0.39, 0.29) is 24.2 Å². The summed E-state index contributed by atoms with van der Waals surface area (Å²) < 4.78 is 5.29. The van der Waals surface area contributed by atoms with Crippen LogP contribution in [0.25, 0.3) is 0 Å². The predicted octanol–water partition coefficient (Wildman–Crippen LogP) is 1.51. The average molecular weight is 291 g/mol. The topological polar surface area (TPSA) is 98.2 Å². The third-order valence-electron chi connectivity index (χ3n) is 3.17. The maximum Gasteiger partial charge on any atom is 0.230 e. The number of carbonyl (C=O) groups is 2. The zero-order valence-electron chi connectivity index (χ0n) is 10.5. The van der Waals surface area contributed by atoms with Gasteiger partial charge in [-0.2, -0.15) is 0 Å². The van der Waals surface area contributed by atoms with E-state index >= 15 is 0 Å². The standard InChI is InChI=1S/C13H13N3O3S/c14-11(17)4-7-6-20-13(15-7)16-12(18)9-5-8(9)10-2-1-3-19-10/h1-3,6,8-9H,4-5H2,(H2,14,17)(H,15,16,18)/t8-,9+/m0/s1. The Balaban J connectivity index is 1.57. The SMILES string of the molecule is NC(=O)Cc1csc(NC(=O)[C@@H]2C[C@@H]2c2ccco2)n1. The number of hydrogen-bond donors (Lipinski definition) is 2. The van der Waals surface area contributed by atoms with Gasteiger partial charge in [0.1, 0.15) is 5.76 Å². The summed E-state index contributed by atoms with van der Waals surface area (Å²) in [5.41, 5.74) is 5.67. The van der Waals surface area contributed by atoms with E-state index in [1.165, 1.54) is 11.3 Å². The molecule has 0 aromatic carbocycles. The fourth-order valence-corrected chi connectivity index (χ4v) is 2.84. The molecule has 2 aromatic rings. The number of thiazole rings is 1. The van der Waals surface area contributed by atoms with E-state index in [1.54, 1.807) is 11.6 Å². The summed E-state index contributed by atoms with van der Waals surface area (Å²) in [5, 5.41) is 4.98. The summed E-state index contributed by atoms with van der Waals surface area (Å²) in [4.78, 5) is 27.0. The molecule has 1 fully saturated rings. The summed E-state index contributed by atoms with van der Waals surface area (Å²) in [6.45, 7) is 0. The lowest BCUT2D eigenvalue weighted by atomic mass is 10.2. The highest BCUT2D eigenvalue weighted by Crippen LogP contribution is 2.48. The number of hydrogen-bond acceptors (Lipinski definition) is 5.